The molecule has 0 bridgehead atoms. The third-order valence-corrected chi connectivity index (χ3v) is 2.75. The zero-order chi connectivity index (χ0) is 13.7. The Hall–Kier alpha value is -1.55. The number of amides is 1. The minimum atomic E-state index is -0.962. The molecular formula is C14H21NO3. The van der Waals surface area contributed by atoms with Crippen LogP contribution in [0.25, 0.3) is 0 Å². The molecule has 0 fully saturated rings. The zero-order valence-corrected chi connectivity index (χ0v) is 11.4. The SMILES string of the molecule is Cc1ccc(OCCN(C)C(=O)[C@H](C)O)c(C)c1. The first-order valence-corrected chi connectivity index (χ1v) is 6.05. The summed E-state index contributed by atoms with van der Waals surface area (Å²) in [5.41, 5.74) is 2.28. The normalized spacial score (nSPS) is 12.1. The third-order valence-electron chi connectivity index (χ3n) is 2.75. The molecule has 100 valence electrons. The van der Waals surface area contributed by atoms with Gasteiger partial charge in [0.15, 0.2) is 0 Å². The lowest BCUT2D eigenvalue weighted by Gasteiger charge is -2.19. The van der Waals surface area contributed by atoms with Crippen LogP contribution in [0.5, 0.6) is 5.75 Å². The summed E-state index contributed by atoms with van der Waals surface area (Å²) in [6.07, 6.45) is -0.962. The summed E-state index contributed by atoms with van der Waals surface area (Å²) in [4.78, 5) is 12.9. The van der Waals surface area contributed by atoms with Crippen LogP contribution in [0.15, 0.2) is 18.2 Å². The molecule has 1 aromatic carbocycles. The van der Waals surface area contributed by atoms with E-state index >= 15 is 0 Å². The van der Waals surface area contributed by atoms with Gasteiger partial charge in [0.05, 0.1) is 6.54 Å². The molecule has 0 saturated heterocycles. The van der Waals surface area contributed by atoms with Crippen LogP contribution < -0.4 is 4.74 Å². The van der Waals surface area contributed by atoms with Crippen molar-refractivity contribution >= 4 is 5.91 Å². The maximum Gasteiger partial charge on any atom is 0.250 e. The Kier molecular flexibility index (Phi) is 5.16. The maximum absolute atomic E-state index is 11.4. The number of nitrogens with zero attached hydrogens (tertiary/aromatic N) is 1. The predicted molar refractivity (Wildman–Crippen MR) is 70.7 cm³/mol. The average Bonchev–Trinajstić information content (AvgIpc) is 2.30. The number of carbonyl (C=O) groups is 1. The van der Waals surface area contributed by atoms with Crippen LogP contribution in [0.1, 0.15) is 18.1 Å². The quantitative estimate of drug-likeness (QED) is 0.863. The second-order valence-corrected chi connectivity index (χ2v) is 4.55. The van der Waals surface area contributed by atoms with Crippen LogP contribution in [0.2, 0.25) is 0 Å². The first kappa shape index (κ1) is 14.5. The standard InChI is InChI=1S/C14H21NO3/c1-10-5-6-13(11(2)9-10)18-8-7-15(4)14(17)12(3)16/h5-6,9,12,16H,7-8H2,1-4H3/t12-/m0/s1. The van der Waals surface area contributed by atoms with E-state index in [2.05, 4.69) is 6.07 Å². The molecule has 0 unspecified atom stereocenters. The molecule has 0 aliphatic carbocycles. The van der Waals surface area contributed by atoms with Gasteiger partial charge in [0.2, 0.25) is 0 Å². The fraction of sp³-hybridized carbons (Fsp3) is 0.500. The second-order valence-electron chi connectivity index (χ2n) is 4.55. The molecule has 0 spiro atoms. The number of benzene rings is 1. The van der Waals surface area contributed by atoms with Gasteiger partial charge in [0.25, 0.3) is 5.91 Å². The van der Waals surface area contributed by atoms with Crippen LogP contribution >= 0.6 is 0 Å². The fourth-order valence-corrected chi connectivity index (χ4v) is 1.68. The molecule has 0 aliphatic rings. The third kappa shape index (κ3) is 4.04. The Bertz CT molecular complexity index is 416. The summed E-state index contributed by atoms with van der Waals surface area (Å²) in [7, 11) is 1.65. The van der Waals surface area contributed by atoms with E-state index in [1.807, 2.05) is 26.0 Å². The molecule has 1 aromatic rings. The zero-order valence-electron chi connectivity index (χ0n) is 11.4. The predicted octanol–water partition coefficient (Wildman–Crippen LogP) is 1.52. The number of ether oxygens (including phenoxy) is 1. The Morgan fingerprint density at radius 1 is 1.44 bits per heavy atom. The van der Waals surface area contributed by atoms with Gasteiger partial charge in [-0.25, -0.2) is 0 Å². The first-order chi connectivity index (χ1) is 8.41. The summed E-state index contributed by atoms with van der Waals surface area (Å²) in [6.45, 7) is 6.36. The molecule has 1 atom stereocenters. The highest BCUT2D eigenvalue weighted by atomic mass is 16.5. The van der Waals surface area contributed by atoms with Crippen LogP contribution in [0, 0.1) is 13.8 Å². The summed E-state index contributed by atoms with van der Waals surface area (Å²) < 4.78 is 5.62. The van der Waals surface area contributed by atoms with Crippen molar-refractivity contribution in [2.45, 2.75) is 26.9 Å². The Balaban J connectivity index is 2.44. The lowest BCUT2D eigenvalue weighted by atomic mass is 10.1. The highest BCUT2D eigenvalue weighted by Gasteiger charge is 2.14. The molecule has 0 radical (unpaired) electrons. The van der Waals surface area contributed by atoms with Crippen LogP contribution in [0.3, 0.4) is 0 Å². The van der Waals surface area contributed by atoms with Gasteiger partial charge in [-0.05, 0) is 32.4 Å². The van der Waals surface area contributed by atoms with Crippen molar-refractivity contribution in [1.29, 1.82) is 0 Å². The lowest BCUT2D eigenvalue weighted by molar-refractivity contribution is -0.138. The molecule has 0 aromatic heterocycles. The maximum atomic E-state index is 11.4. The van der Waals surface area contributed by atoms with Crippen molar-refractivity contribution in [3.05, 3.63) is 29.3 Å². The number of rotatable bonds is 5. The number of hydrogen-bond acceptors (Lipinski definition) is 3. The summed E-state index contributed by atoms with van der Waals surface area (Å²) in [5.74, 6) is 0.540. The van der Waals surface area contributed by atoms with Gasteiger partial charge in [0.1, 0.15) is 18.5 Å². The first-order valence-electron chi connectivity index (χ1n) is 6.05. The van der Waals surface area contributed by atoms with E-state index in [4.69, 9.17) is 9.84 Å². The van der Waals surface area contributed by atoms with Crippen LogP contribution in [-0.4, -0.2) is 42.2 Å². The van der Waals surface area contributed by atoms with E-state index in [9.17, 15) is 4.79 Å². The minimum Gasteiger partial charge on any atom is -0.491 e. The number of aliphatic hydroxyl groups excluding tert-OH is 1. The topological polar surface area (TPSA) is 49.8 Å². The number of likely N-dealkylation sites (N-methyl/N-ethyl adjacent to an activating group) is 1. The van der Waals surface area contributed by atoms with Gasteiger partial charge in [-0.15, -0.1) is 0 Å². The fourth-order valence-electron chi connectivity index (χ4n) is 1.68. The second kappa shape index (κ2) is 6.40. The van der Waals surface area contributed by atoms with Crippen LogP contribution in [-0.2, 0) is 4.79 Å². The summed E-state index contributed by atoms with van der Waals surface area (Å²) >= 11 is 0. The molecule has 0 heterocycles. The lowest BCUT2D eigenvalue weighted by Crippen LogP contribution is -2.37. The molecule has 18 heavy (non-hydrogen) atoms. The van der Waals surface area contributed by atoms with Gasteiger partial charge in [-0.2, -0.15) is 0 Å². The van der Waals surface area contributed by atoms with Gasteiger partial charge >= 0.3 is 0 Å². The number of carbonyl (C=O) groups excluding carboxylic acids is 1. The van der Waals surface area contributed by atoms with Crippen molar-refractivity contribution in [3.63, 3.8) is 0 Å². The molecule has 0 aliphatic heterocycles. The van der Waals surface area contributed by atoms with Gasteiger partial charge in [-0.1, -0.05) is 17.7 Å². The monoisotopic (exact) mass is 251 g/mol. The molecule has 0 saturated carbocycles. The van der Waals surface area contributed by atoms with Crippen LogP contribution in [0.4, 0.5) is 0 Å². The van der Waals surface area contributed by atoms with E-state index < -0.39 is 6.10 Å². The van der Waals surface area contributed by atoms with E-state index in [1.54, 1.807) is 7.05 Å². The van der Waals surface area contributed by atoms with Crippen molar-refractivity contribution in [2.75, 3.05) is 20.2 Å². The highest BCUT2D eigenvalue weighted by Crippen LogP contribution is 2.18. The van der Waals surface area contributed by atoms with Crippen molar-refractivity contribution in [2.24, 2.45) is 0 Å². The summed E-state index contributed by atoms with van der Waals surface area (Å²) in [5, 5.41) is 9.15. The van der Waals surface area contributed by atoms with Gasteiger partial charge < -0.3 is 14.7 Å². The molecule has 1 N–H and O–H groups in total. The molecule has 1 rings (SSSR count). The van der Waals surface area contributed by atoms with Gasteiger partial charge in [-0.3, -0.25) is 4.79 Å². The van der Waals surface area contributed by atoms with Crippen molar-refractivity contribution in [3.8, 4) is 5.75 Å². The van der Waals surface area contributed by atoms with E-state index in [0.29, 0.717) is 13.2 Å². The van der Waals surface area contributed by atoms with E-state index in [0.717, 1.165) is 11.3 Å². The van der Waals surface area contributed by atoms with Crippen molar-refractivity contribution < 1.29 is 14.6 Å². The van der Waals surface area contributed by atoms with Crippen molar-refractivity contribution in [1.82, 2.24) is 4.90 Å². The molecule has 1 amide bonds. The van der Waals surface area contributed by atoms with Gasteiger partial charge in [0, 0.05) is 7.05 Å². The Labute approximate surface area is 108 Å². The number of aryl methyl sites for hydroxylation is 2. The smallest absolute Gasteiger partial charge is 0.250 e. The summed E-state index contributed by atoms with van der Waals surface area (Å²) in [6, 6.07) is 5.98. The number of hydrogen-bond donors (Lipinski definition) is 1. The molecule has 4 nitrogen and oxygen atoms in total. The molecular weight excluding hydrogens is 230 g/mol. The average molecular weight is 251 g/mol. The molecule has 4 heteroatoms. The minimum absolute atomic E-state index is 0.292. The Morgan fingerprint density at radius 3 is 2.67 bits per heavy atom. The number of aliphatic hydroxyl groups is 1. The highest BCUT2D eigenvalue weighted by molar-refractivity contribution is 5.79. The van der Waals surface area contributed by atoms with E-state index in [1.165, 1.54) is 17.4 Å². The Morgan fingerprint density at radius 2 is 2.11 bits per heavy atom. The van der Waals surface area contributed by atoms with E-state index in [-0.39, 0.29) is 5.91 Å². The largest absolute Gasteiger partial charge is 0.491 e.